The summed E-state index contributed by atoms with van der Waals surface area (Å²) >= 11 is 5.78. The number of aryl methyl sites for hydroxylation is 2. The third-order valence-electron chi connectivity index (χ3n) is 5.51. The molecule has 190 valence electrons. The van der Waals surface area contributed by atoms with Gasteiger partial charge in [0.25, 0.3) is 11.8 Å². The summed E-state index contributed by atoms with van der Waals surface area (Å²) in [5.74, 6) is -0.496. The molecule has 37 heavy (non-hydrogen) atoms. The zero-order valence-corrected chi connectivity index (χ0v) is 24.2. The van der Waals surface area contributed by atoms with Crippen LogP contribution in [0.25, 0.3) is 6.08 Å². The molecule has 0 aromatic heterocycles. The molecule has 0 aliphatic carbocycles. The monoisotopic (exact) mass is 674 g/mol. The van der Waals surface area contributed by atoms with Crippen LogP contribution >= 0.6 is 38.5 Å². The molecule has 0 unspecified atom stereocenters. The Morgan fingerprint density at radius 3 is 2.30 bits per heavy atom. The highest BCUT2D eigenvalue weighted by Crippen LogP contribution is 2.38. The number of benzene rings is 3. The van der Waals surface area contributed by atoms with Crippen LogP contribution in [0.3, 0.4) is 0 Å². The molecule has 1 fully saturated rings. The predicted octanol–water partition coefficient (Wildman–Crippen LogP) is 6.31. The van der Waals surface area contributed by atoms with Crippen LogP contribution in [0.4, 0.5) is 10.5 Å². The van der Waals surface area contributed by atoms with Crippen LogP contribution in [0.1, 0.15) is 29.2 Å². The van der Waals surface area contributed by atoms with Crippen molar-refractivity contribution < 1.29 is 23.9 Å². The number of carbonyl (C=O) groups is 3. The summed E-state index contributed by atoms with van der Waals surface area (Å²) in [7, 11) is 0. The molecule has 1 N–H and O–H groups in total. The van der Waals surface area contributed by atoms with E-state index < -0.39 is 17.8 Å². The van der Waals surface area contributed by atoms with Crippen molar-refractivity contribution in [2.24, 2.45) is 0 Å². The maximum atomic E-state index is 13.3. The second kappa shape index (κ2) is 11.5. The van der Waals surface area contributed by atoms with E-state index in [2.05, 4.69) is 43.8 Å². The third kappa shape index (κ3) is 6.22. The van der Waals surface area contributed by atoms with E-state index in [1.54, 1.807) is 24.3 Å². The predicted molar refractivity (Wildman–Crippen MR) is 154 cm³/mol. The van der Waals surface area contributed by atoms with Crippen LogP contribution in [0, 0.1) is 17.4 Å². The maximum absolute atomic E-state index is 13.3. The number of nitrogens with one attached hydrogen (secondary N) is 1. The molecule has 1 heterocycles. The third-order valence-corrected chi connectivity index (χ3v) is 6.81. The minimum absolute atomic E-state index is 0.166. The van der Waals surface area contributed by atoms with Gasteiger partial charge in [-0.25, -0.2) is 9.69 Å². The summed E-state index contributed by atoms with van der Waals surface area (Å²) in [6.45, 7) is 6.33. The second-order valence-electron chi connectivity index (χ2n) is 8.48. The van der Waals surface area contributed by atoms with Crippen LogP contribution in [0.15, 0.2) is 64.6 Å². The molecule has 0 atom stereocenters. The van der Waals surface area contributed by atoms with Gasteiger partial charge in [0, 0.05) is 3.57 Å². The number of hydrogen-bond acceptors (Lipinski definition) is 5. The molecule has 0 bridgehead atoms. The maximum Gasteiger partial charge on any atom is 0.335 e. The lowest BCUT2D eigenvalue weighted by molar-refractivity contribution is -0.122. The Morgan fingerprint density at radius 1 is 0.973 bits per heavy atom. The van der Waals surface area contributed by atoms with Gasteiger partial charge in [-0.3, -0.25) is 14.9 Å². The zero-order chi connectivity index (χ0) is 26.7. The Morgan fingerprint density at radius 2 is 1.65 bits per heavy atom. The highest BCUT2D eigenvalue weighted by molar-refractivity contribution is 14.1. The number of hydrogen-bond donors (Lipinski definition) is 1. The summed E-state index contributed by atoms with van der Waals surface area (Å²) < 4.78 is 13.6. The molecule has 4 rings (SSSR count). The van der Waals surface area contributed by atoms with Gasteiger partial charge in [0.2, 0.25) is 0 Å². The Bertz CT molecular complexity index is 1400. The minimum atomic E-state index is -0.785. The van der Waals surface area contributed by atoms with E-state index in [-0.39, 0.29) is 5.57 Å². The lowest BCUT2D eigenvalue weighted by atomic mass is 10.0. The van der Waals surface area contributed by atoms with Gasteiger partial charge in [-0.1, -0.05) is 18.2 Å². The van der Waals surface area contributed by atoms with Gasteiger partial charge in [-0.05, 0) is 124 Å². The highest BCUT2D eigenvalue weighted by atomic mass is 127. The number of barbiturate groups is 1. The zero-order valence-electron chi connectivity index (χ0n) is 20.4. The molecule has 1 saturated heterocycles. The van der Waals surface area contributed by atoms with E-state index in [0.29, 0.717) is 40.4 Å². The molecule has 0 spiro atoms. The minimum Gasteiger partial charge on any atom is -0.490 e. The topological polar surface area (TPSA) is 84.9 Å². The fourth-order valence-corrected chi connectivity index (χ4v) is 4.88. The van der Waals surface area contributed by atoms with Gasteiger partial charge < -0.3 is 9.47 Å². The van der Waals surface area contributed by atoms with Gasteiger partial charge in [-0.2, -0.15) is 0 Å². The highest BCUT2D eigenvalue weighted by Gasteiger charge is 2.37. The summed E-state index contributed by atoms with van der Waals surface area (Å²) in [5.41, 5.74) is 3.55. The Hall–Kier alpha value is -3.18. The van der Waals surface area contributed by atoms with Crippen molar-refractivity contribution >= 4 is 68.1 Å². The van der Waals surface area contributed by atoms with Gasteiger partial charge in [0.15, 0.2) is 11.5 Å². The SMILES string of the molecule is CCOc1cc(/C=C2\C(=O)NC(=O)N(c3cc(C)cc(C)c3)C2=O)cc(Br)c1OCc1ccc(I)cc1. The normalized spacial score (nSPS) is 14.7. The van der Waals surface area contributed by atoms with Crippen LogP contribution in [0.5, 0.6) is 11.5 Å². The fourth-order valence-electron chi connectivity index (χ4n) is 3.95. The first kappa shape index (κ1) is 26.9. The van der Waals surface area contributed by atoms with E-state index in [1.807, 2.05) is 51.1 Å². The smallest absolute Gasteiger partial charge is 0.335 e. The molecule has 4 amide bonds. The van der Waals surface area contributed by atoms with Crippen LogP contribution < -0.4 is 19.7 Å². The molecule has 0 radical (unpaired) electrons. The van der Waals surface area contributed by atoms with E-state index in [9.17, 15) is 14.4 Å². The summed E-state index contributed by atoms with van der Waals surface area (Å²) in [6.07, 6.45) is 1.44. The van der Waals surface area contributed by atoms with E-state index in [0.717, 1.165) is 25.2 Å². The van der Waals surface area contributed by atoms with Crippen LogP contribution in [0.2, 0.25) is 0 Å². The quantitative estimate of drug-likeness (QED) is 0.180. The van der Waals surface area contributed by atoms with Crippen molar-refractivity contribution in [3.63, 3.8) is 0 Å². The fraction of sp³-hybridized carbons (Fsp3) is 0.179. The van der Waals surface area contributed by atoms with Gasteiger partial charge in [0.1, 0.15) is 12.2 Å². The number of halogens is 2. The van der Waals surface area contributed by atoms with E-state index in [1.165, 1.54) is 6.08 Å². The Labute approximate surface area is 237 Å². The van der Waals surface area contributed by atoms with Gasteiger partial charge in [0.05, 0.1) is 16.8 Å². The van der Waals surface area contributed by atoms with Crippen molar-refractivity contribution in [1.82, 2.24) is 5.32 Å². The van der Waals surface area contributed by atoms with Crippen molar-refractivity contribution in [3.8, 4) is 11.5 Å². The van der Waals surface area contributed by atoms with Gasteiger partial charge >= 0.3 is 6.03 Å². The number of anilines is 1. The molecule has 0 saturated carbocycles. The van der Waals surface area contributed by atoms with Crippen molar-refractivity contribution in [2.45, 2.75) is 27.4 Å². The lowest BCUT2D eigenvalue weighted by Crippen LogP contribution is -2.54. The molecule has 3 aromatic carbocycles. The van der Waals surface area contributed by atoms with Crippen LogP contribution in [-0.4, -0.2) is 24.5 Å². The number of nitrogens with zero attached hydrogens (tertiary/aromatic N) is 1. The summed E-state index contributed by atoms with van der Waals surface area (Å²) in [5, 5.41) is 2.27. The summed E-state index contributed by atoms with van der Waals surface area (Å²) in [6, 6.07) is 16.0. The molecule has 1 aliphatic heterocycles. The number of carbonyl (C=O) groups excluding carboxylic acids is 3. The number of imide groups is 2. The molecule has 1 aliphatic rings. The van der Waals surface area contributed by atoms with E-state index in [4.69, 9.17) is 9.47 Å². The first-order valence-electron chi connectivity index (χ1n) is 11.5. The molecule has 9 heteroatoms. The second-order valence-corrected chi connectivity index (χ2v) is 10.6. The average molecular weight is 675 g/mol. The van der Waals surface area contributed by atoms with E-state index >= 15 is 0 Å². The average Bonchev–Trinajstić information content (AvgIpc) is 2.82. The number of ether oxygens (including phenoxy) is 2. The van der Waals surface area contributed by atoms with Crippen molar-refractivity contribution in [1.29, 1.82) is 0 Å². The Balaban J connectivity index is 1.67. The Kier molecular flexibility index (Phi) is 8.33. The van der Waals surface area contributed by atoms with Gasteiger partial charge in [-0.15, -0.1) is 0 Å². The van der Waals surface area contributed by atoms with Crippen LogP contribution in [-0.2, 0) is 16.2 Å². The lowest BCUT2D eigenvalue weighted by Gasteiger charge is -2.27. The number of amides is 4. The molecule has 3 aromatic rings. The van der Waals surface area contributed by atoms with Crippen molar-refractivity contribution in [2.75, 3.05) is 11.5 Å². The molecular formula is C28H24BrIN2O5. The first-order chi connectivity index (χ1) is 17.7. The summed E-state index contributed by atoms with van der Waals surface area (Å²) in [4.78, 5) is 39.5. The molecular weight excluding hydrogens is 651 g/mol. The number of urea groups is 1. The largest absolute Gasteiger partial charge is 0.490 e. The van der Waals surface area contributed by atoms with Crippen molar-refractivity contribution in [3.05, 3.63) is 90.5 Å². The standard InChI is InChI=1S/C28H24BrIN2O5/c1-4-36-24-14-19(13-23(29)25(24)37-15-18-5-7-20(30)8-6-18)12-22-26(33)31-28(35)32(27(22)34)21-10-16(2)9-17(3)11-21/h5-14H,4,15H2,1-3H3,(H,31,33,35)/b22-12+. The first-order valence-corrected chi connectivity index (χ1v) is 13.4. The number of rotatable bonds is 7. The molecule has 7 nitrogen and oxygen atoms in total.